The molecule has 2 aliphatic rings. The fourth-order valence-corrected chi connectivity index (χ4v) is 7.64. The van der Waals surface area contributed by atoms with E-state index in [1.807, 2.05) is 54.6 Å². The number of hydrogen-bond acceptors (Lipinski definition) is 9. The molecular weight excluding hydrogens is 536 g/mol. The monoisotopic (exact) mass is 566 g/mol. The number of sulfone groups is 1. The van der Waals surface area contributed by atoms with Crippen molar-refractivity contribution >= 4 is 32.8 Å². The number of anilines is 3. The van der Waals surface area contributed by atoms with E-state index < -0.39 is 9.84 Å². The third-order valence-corrected chi connectivity index (χ3v) is 9.52. The van der Waals surface area contributed by atoms with Gasteiger partial charge in [-0.2, -0.15) is 9.61 Å². The average Bonchev–Trinajstić information content (AvgIpc) is 3.51. The Morgan fingerprint density at radius 1 is 0.878 bits per heavy atom. The van der Waals surface area contributed by atoms with Crippen molar-refractivity contribution in [3.05, 3.63) is 78.9 Å². The predicted octanol–water partition coefficient (Wildman–Crippen LogP) is 4.34. The Bertz CT molecular complexity index is 1860. The highest BCUT2D eigenvalue weighted by Crippen LogP contribution is 2.47. The molecule has 2 fully saturated rings. The van der Waals surface area contributed by atoms with Gasteiger partial charge < -0.3 is 16.4 Å². The second kappa shape index (κ2) is 9.55. The summed E-state index contributed by atoms with van der Waals surface area (Å²) in [6.45, 7) is 0. The summed E-state index contributed by atoms with van der Waals surface area (Å²) < 4.78 is 27.7. The molecule has 4 aromatic heterocycles. The minimum absolute atomic E-state index is 0.0624. The molecule has 2 bridgehead atoms. The van der Waals surface area contributed by atoms with Gasteiger partial charge in [0.2, 0.25) is 0 Å². The number of nitrogens with zero attached hydrogens (tertiary/aromatic N) is 6. The van der Waals surface area contributed by atoms with Gasteiger partial charge in [0, 0.05) is 53.3 Å². The number of nitrogens with two attached hydrogens (primary N) is 2. The Balaban J connectivity index is 1.30. The third-order valence-electron chi connectivity index (χ3n) is 8.36. The van der Waals surface area contributed by atoms with Crippen LogP contribution in [0, 0.1) is 0 Å². The Morgan fingerprint density at radius 3 is 2.29 bits per heavy atom. The molecule has 5 aromatic rings. The molecule has 0 saturated carbocycles. The van der Waals surface area contributed by atoms with Gasteiger partial charge in [-0.15, -0.1) is 0 Å². The normalized spacial score (nSPS) is 20.5. The summed E-state index contributed by atoms with van der Waals surface area (Å²) in [5.74, 6) is 0.789. The van der Waals surface area contributed by atoms with Crippen molar-refractivity contribution in [3.8, 4) is 22.4 Å². The highest BCUT2D eigenvalue weighted by Gasteiger charge is 2.44. The SMILES string of the molecule is CS(=O)(=O)c1c([C@@H]2C[C@H]3CC[C@@H](C2)N3c2ncccc2N)nc2c(-c3ccc(-c4ccccc4)nc3)cnn2c1N. The largest absolute Gasteiger partial charge is 0.396 e. The van der Waals surface area contributed by atoms with E-state index >= 15 is 0 Å². The first-order valence-corrected chi connectivity index (χ1v) is 15.6. The van der Waals surface area contributed by atoms with E-state index in [-0.39, 0.29) is 28.7 Å². The number of rotatable bonds is 5. The van der Waals surface area contributed by atoms with Gasteiger partial charge in [0.1, 0.15) is 10.7 Å². The Morgan fingerprint density at radius 2 is 1.63 bits per heavy atom. The number of aromatic nitrogens is 5. The first-order chi connectivity index (χ1) is 19.8. The molecule has 10 nitrogen and oxygen atoms in total. The lowest BCUT2D eigenvalue weighted by Gasteiger charge is -2.40. The first kappa shape index (κ1) is 25.5. The summed E-state index contributed by atoms with van der Waals surface area (Å²) >= 11 is 0. The molecule has 2 aliphatic heterocycles. The van der Waals surface area contributed by atoms with Crippen LogP contribution in [0.5, 0.6) is 0 Å². The second-order valence-corrected chi connectivity index (χ2v) is 12.9. The van der Waals surface area contributed by atoms with Crippen LogP contribution >= 0.6 is 0 Å². The van der Waals surface area contributed by atoms with Crippen LogP contribution in [0.1, 0.15) is 37.3 Å². The predicted molar refractivity (Wildman–Crippen MR) is 159 cm³/mol. The van der Waals surface area contributed by atoms with E-state index in [1.165, 1.54) is 10.8 Å². The van der Waals surface area contributed by atoms with Gasteiger partial charge >= 0.3 is 0 Å². The zero-order valence-corrected chi connectivity index (χ0v) is 23.4. The molecule has 6 heterocycles. The smallest absolute Gasteiger partial charge is 0.180 e. The lowest BCUT2D eigenvalue weighted by Crippen LogP contribution is -2.43. The standard InChI is InChI=1S/C30H30N8O2S/c1-41(39,40)27-26(20-14-21-10-11-22(15-20)37(21)30-24(31)8-5-13-33-30)36-29-23(17-35-38(29)28(27)32)19-9-12-25(34-16-19)18-6-3-2-4-7-18/h2-9,12-13,16-17,20-22H,10-11,14-15,31-32H2,1H3/t20-,21-,22+. The van der Waals surface area contributed by atoms with Crippen molar-refractivity contribution in [1.29, 1.82) is 0 Å². The van der Waals surface area contributed by atoms with Crippen LogP contribution < -0.4 is 16.4 Å². The Labute approximate surface area is 238 Å². The van der Waals surface area contributed by atoms with Gasteiger partial charge in [0.15, 0.2) is 21.3 Å². The van der Waals surface area contributed by atoms with Gasteiger partial charge in [-0.3, -0.25) is 4.98 Å². The van der Waals surface area contributed by atoms with E-state index in [2.05, 4.69) is 20.0 Å². The number of fused-ring (bicyclic) bond motifs is 3. The summed E-state index contributed by atoms with van der Waals surface area (Å²) in [4.78, 5) is 16.6. The molecule has 0 radical (unpaired) electrons. The number of pyridine rings is 2. The van der Waals surface area contributed by atoms with Crippen LogP contribution in [-0.2, 0) is 9.84 Å². The van der Waals surface area contributed by atoms with E-state index in [9.17, 15) is 8.42 Å². The summed E-state index contributed by atoms with van der Waals surface area (Å²) in [5.41, 5.74) is 18.0. The molecule has 41 heavy (non-hydrogen) atoms. The zero-order chi connectivity index (χ0) is 28.3. The quantitative estimate of drug-likeness (QED) is 0.317. The molecule has 4 N–H and O–H groups in total. The van der Waals surface area contributed by atoms with Crippen LogP contribution in [0.3, 0.4) is 0 Å². The minimum Gasteiger partial charge on any atom is -0.396 e. The van der Waals surface area contributed by atoms with Gasteiger partial charge in [-0.05, 0) is 43.9 Å². The summed E-state index contributed by atoms with van der Waals surface area (Å²) in [7, 11) is -3.69. The van der Waals surface area contributed by atoms with Crippen molar-refractivity contribution in [1.82, 2.24) is 24.6 Å². The fourth-order valence-electron chi connectivity index (χ4n) is 6.58. The van der Waals surface area contributed by atoms with E-state index in [0.29, 0.717) is 17.0 Å². The van der Waals surface area contributed by atoms with Crippen molar-refractivity contribution in [3.63, 3.8) is 0 Å². The maximum absolute atomic E-state index is 13.1. The van der Waals surface area contributed by atoms with Crippen LogP contribution in [0.4, 0.5) is 17.3 Å². The molecule has 3 atom stereocenters. The molecule has 0 aliphatic carbocycles. The van der Waals surface area contributed by atoms with Crippen molar-refractivity contribution in [2.75, 3.05) is 22.6 Å². The highest BCUT2D eigenvalue weighted by molar-refractivity contribution is 7.91. The molecule has 11 heteroatoms. The summed E-state index contributed by atoms with van der Waals surface area (Å²) in [6.07, 6.45) is 9.84. The van der Waals surface area contributed by atoms with Gasteiger partial charge in [0.25, 0.3) is 0 Å². The Kier molecular flexibility index (Phi) is 5.93. The molecule has 2 saturated heterocycles. The van der Waals surface area contributed by atoms with Crippen molar-refractivity contribution in [2.45, 2.75) is 48.6 Å². The number of piperidine rings is 1. The second-order valence-electron chi connectivity index (χ2n) is 11.0. The highest BCUT2D eigenvalue weighted by atomic mass is 32.2. The molecule has 0 spiro atoms. The number of nitrogen functional groups attached to an aromatic ring is 2. The maximum Gasteiger partial charge on any atom is 0.180 e. The Hall–Kier alpha value is -4.51. The number of benzene rings is 1. The molecule has 208 valence electrons. The van der Waals surface area contributed by atoms with Crippen molar-refractivity contribution < 1.29 is 8.42 Å². The summed E-state index contributed by atoms with van der Waals surface area (Å²) in [5, 5.41) is 4.45. The molecule has 0 amide bonds. The molecular formula is C30H30N8O2S. The number of hydrogen-bond donors (Lipinski definition) is 2. The van der Waals surface area contributed by atoms with Gasteiger partial charge in [0.05, 0.1) is 23.3 Å². The fraction of sp³-hybridized carbons (Fsp3) is 0.267. The summed E-state index contributed by atoms with van der Waals surface area (Å²) in [6, 6.07) is 18.0. The maximum atomic E-state index is 13.1. The van der Waals surface area contributed by atoms with E-state index in [4.69, 9.17) is 16.5 Å². The average molecular weight is 567 g/mol. The molecule has 0 unspecified atom stereocenters. The van der Waals surface area contributed by atoms with Crippen molar-refractivity contribution in [2.24, 2.45) is 0 Å². The first-order valence-electron chi connectivity index (χ1n) is 13.7. The van der Waals surface area contributed by atoms with E-state index in [1.54, 1.807) is 18.6 Å². The zero-order valence-electron chi connectivity index (χ0n) is 22.6. The minimum atomic E-state index is -3.69. The van der Waals surface area contributed by atoms with Crippen LogP contribution in [0.15, 0.2) is 78.1 Å². The van der Waals surface area contributed by atoms with E-state index in [0.717, 1.165) is 53.9 Å². The van der Waals surface area contributed by atoms with Gasteiger partial charge in [-0.25, -0.2) is 18.4 Å². The topological polar surface area (TPSA) is 145 Å². The van der Waals surface area contributed by atoms with Gasteiger partial charge in [-0.1, -0.05) is 36.4 Å². The van der Waals surface area contributed by atoms with Crippen LogP contribution in [-0.4, -0.2) is 51.3 Å². The van der Waals surface area contributed by atoms with Crippen LogP contribution in [0.2, 0.25) is 0 Å². The molecule has 1 aromatic carbocycles. The lowest BCUT2D eigenvalue weighted by molar-refractivity contribution is 0.403. The lowest BCUT2D eigenvalue weighted by atomic mass is 9.87. The molecule has 7 rings (SSSR count). The van der Waals surface area contributed by atoms with Crippen LogP contribution in [0.25, 0.3) is 28.0 Å². The third kappa shape index (κ3) is 4.28.